The third kappa shape index (κ3) is 6.09. The predicted octanol–water partition coefficient (Wildman–Crippen LogP) is 16.7. The second-order valence-corrected chi connectivity index (χ2v) is 17.4. The first kappa shape index (κ1) is 36.9. The SMILES string of the molecule is CC1(C)c2ccccc2-c2ccc(N(c3ccc(-c4ccccc4)cc3)c3ccc(-c4ccccc4-c4ccc(-n5c6ccccc6c6cc7ccccc7cc65)cc4)cc3)cc21. The van der Waals surface area contributed by atoms with Crippen LogP contribution in [0.5, 0.6) is 0 Å². The van der Waals surface area contributed by atoms with Crippen LogP contribution in [-0.4, -0.2) is 4.57 Å². The Hall–Kier alpha value is -7.94. The van der Waals surface area contributed by atoms with Crippen LogP contribution >= 0.6 is 0 Å². The second-order valence-electron chi connectivity index (χ2n) is 17.4. The summed E-state index contributed by atoms with van der Waals surface area (Å²) in [6.07, 6.45) is 0. The van der Waals surface area contributed by atoms with Crippen LogP contribution in [0.2, 0.25) is 0 Å². The molecule has 11 aromatic rings. The minimum absolute atomic E-state index is 0.102. The van der Waals surface area contributed by atoms with E-state index >= 15 is 0 Å². The molecule has 0 aliphatic heterocycles. The van der Waals surface area contributed by atoms with Crippen molar-refractivity contribution >= 4 is 49.6 Å². The van der Waals surface area contributed by atoms with Crippen molar-refractivity contribution in [2.45, 2.75) is 19.3 Å². The van der Waals surface area contributed by atoms with Crippen LogP contribution in [0.15, 0.2) is 231 Å². The van der Waals surface area contributed by atoms with Crippen LogP contribution in [0.25, 0.3) is 82.8 Å². The van der Waals surface area contributed by atoms with Gasteiger partial charge in [-0.15, -0.1) is 0 Å². The summed E-state index contributed by atoms with van der Waals surface area (Å²) < 4.78 is 2.41. The molecule has 0 amide bonds. The fourth-order valence-electron chi connectivity index (χ4n) is 10.2. The Morgan fingerprint density at radius 3 is 1.54 bits per heavy atom. The molecular weight excluding hydrogens is 761 g/mol. The van der Waals surface area contributed by atoms with Gasteiger partial charge in [0.05, 0.1) is 11.0 Å². The van der Waals surface area contributed by atoms with Gasteiger partial charge in [-0.3, -0.25) is 0 Å². The van der Waals surface area contributed by atoms with Gasteiger partial charge >= 0.3 is 0 Å². The smallest absolute Gasteiger partial charge is 0.0547 e. The van der Waals surface area contributed by atoms with E-state index < -0.39 is 0 Å². The topological polar surface area (TPSA) is 8.17 Å². The van der Waals surface area contributed by atoms with E-state index in [1.54, 1.807) is 0 Å². The van der Waals surface area contributed by atoms with E-state index in [1.807, 2.05) is 0 Å². The average Bonchev–Trinajstić information content (AvgIpc) is 3.78. The van der Waals surface area contributed by atoms with E-state index in [9.17, 15) is 0 Å². The number of anilines is 3. The maximum atomic E-state index is 2.41. The first-order valence-electron chi connectivity index (χ1n) is 21.9. The molecular formula is C61H44N2. The van der Waals surface area contributed by atoms with Gasteiger partial charge in [0.2, 0.25) is 0 Å². The van der Waals surface area contributed by atoms with Gasteiger partial charge in [0.1, 0.15) is 0 Å². The summed E-state index contributed by atoms with van der Waals surface area (Å²) in [5, 5.41) is 5.05. The van der Waals surface area contributed by atoms with Crippen molar-refractivity contribution in [2.24, 2.45) is 0 Å². The largest absolute Gasteiger partial charge is 0.310 e. The zero-order chi connectivity index (χ0) is 42.1. The number of nitrogens with zero attached hydrogens (tertiary/aromatic N) is 2. The quantitative estimate of drug-likeness (QED) is 0.156. The Bertz CT molecular complexity index is 3500. The monoisotopic (exact) mass is 804 g/mol. The van der Waals surface area contributed by atoms with E-state index in [4.69, 9.17) is 0 Å². The minimum Gasteiger partial charge on any atom is -0.310 e. The van der Waals surface area contributed by atoms with Crippen molar-refractivity contribution in [3.63, 3.8) is 0 Å². The van der Waals surface area contributed by atoms with E-state index in [0.717, 1.165) is 22.7 Å². The Balaban J connectivity index is 0.915. The molecule has 0 fully saturated rings. The molecule has 1 heterocycles. The summed E-state index contributed by atoms with van der Waals surface area (Å²) in [6, 6.07) is 84.6. The molecule has 1 aromatic heterocycles. The zero-order valence-corrected chi connectivity index (χ0v) is 35.3. The Morgan fingerprint density at radius 1 is 0.333 bits per heavy atom. The van der Waals surface area contributed by atoms with Crippen LogP contribution in [0, 0.1) is 0 Å². The van der Waals surface area contributed by atoms with E-state index in [0.29, 0.717) is 0 Å². The van der Waals surface area contributed by atoms with Gasteiger partial charge in [-0.1, -0.05) is 178 Å². The molecule has 1 aliphatic carbocycles. The van der Waals surface area contributed by atoms with E-state index in [2.05, 4.69) is 254 Å². The lowest BCUT2D eigenvalue weighted by molar-refractivity contribution is 0.660. The van der Waals surface area contributed by atoms with Crippen LogP contribution in [-0.2, 0) is 5.41 Å². The number of hydrogen-bond acceptors (Lipinski definition) is 1. The van der Waals surface area contributed by atoms with Crippen LogP contribution in [0.3, 0.4) is 0 Å². The molecule has 0 bridgehead atoms. The lowest BCUT2D eigenvalue weighted by Crippen LogP contribution is -2.16. The highest BCUT2D eigenvalue weighted by Crippen LogP contribution is 2.51. The first-order chi connectivity index (χ1) is 31.0. The highest BCUT2D eigenvalue weighted by atomic mass is 15.1. The number of aromatic nitrogens is 1. The first-order valence-corrected chi connectivity index (χ1v) is 21.9. The molecule has 2 heteroatoms. The van der Waals surface area contributed by atoms with Crippen molar-refractivity contribution in [2.75, 3.05) is 4.90 Å². The molecule has 298 valence electrons. The van der Waals surface area contributed by atoms with Crippen LogP contribution < -0.4 is 4.90 Å². The van der Waals surface area contributed by atoms with Crippen LogP contribution in [0.1, 0.15) is 25.0 Å². The number of rotatable bonds is 7. The maximum absolute atomic E-state index is 2.41. The van der Waals surface area contributed by atoms with E-state index in [-0.39, 0.29) is 5.41 Å². The minimum atomic E-state index is -0.102. The molecule has 0 radical (unpaired) electrons. The average molecular weight is 805 g/mol. The van der Waals surface area contributed by atoms with Crippen molar-refractivity contribution in [3.05, 3.63) is 242 Å². The molecule has 0 atom stereocenters. The molecule has 12 rings (SSSR count). The fraction of sp³-hybridized carbons (Fsp3) is 0.0492. The summed E-state index contributed by atoms with van der Waals surface area (Å²) in [5.41, 5.74) is 19.4. The van der Waals surface area contributed by atoms with Crippen molar-refractivity contribution in [1.82, 2.24) is 4.57 Å². The fourth-order valence-corrected chi connectivity index (χ4v) is 10.2. The molecule has 0 N–H and O–H groups in total. The molecule has 0 saturated heterocycles. The summed E-state index contributed by atoms with van der Waals surface area (Å²) in [7, 11) is 0. The summed E-state index contributed by atoms with van der Waals surface area (Å²) in [5.74, 6) is 0. The Labute approximate surface area is 368 Å². The summed E-state index contributed by atoms with van der Waals surface area (Å²) >= 11 is 0. The Kier molecular flexibility index (Phi) is 8.55. The molecule has 0 unspecified atom stereocenters. The Morgan fingerprint density at radius 2 is 0.841 bits per heavy atom. The number of benzene rings is 10. The standard InChI is InChI=1S/C61H44N2/c1-61(2)57-22-12-10-20-53(57)54-37-36-50(40-58(54)61)62(47-30-24-42(25-31-47)41-14-4-3-5-15-41)48-32-26-43(27-33-48)51-18-8-9-19-52(51)44-28-34-49(35-29-44)63-59-23-13-11-21-55(59)56-38-45-16-6-7-17-46(45)39-60(56)63/h3-40H,1-2H3. The van der Waals surface area contributed by atoms with Crippen LogP contribution in [0.4, 0.5) is 17.1 Å². The maximum Gasteiger partial charge on any atom is 0.0547 e. The van der Waals surface area contributed by atoms with Crippen molar-refractivity contribution < 1.29 is 0 Å². The number of fused-ring (bicyclic) bond motifs is 7. The number of para-hydroxylation sites is 1. The summed E-state index contributed by atoms with van der Waals surface area (Å²) in [4.78, 5) is 2.40. The third-order valence-corrected chi connectivity index (χ3v) is 13.4. The van der Waals surface area contributed by atoms with Gasteiger partial charge in [-0.2, -0.15) is 0 Å². The van der Waals surface area contributed by atoms with Gasteiger partial charge in [0.25, 0.3) is 0 Å². The van der Waals surface area contributed by atoms with Gasteiger partial charge in [0.15, 0.2) is 0 Å². The third-order valence-electron chi connectivity index (χ3n) is 13.4. The highest BCUT2D eigenvalue weighted by Gasteiger charge is 2.35. The van der Waals surface area contributed by atoms with Gasteiger partial charge < -0.3 is 9.47 Å². The predicted molar refractivity (Wildman–Crippen MR) is 267 cm³/mol. The van der Waals surface area contributed by atoms with Gasteiger partial charge in [-0.25, -0.2) is 0 Å². The lowest BCUT2D eigenvalue weighted by Gasteiger charge is -2.28. The molecule has 2 nitrogen and oxygen atoms in total. The normalized spacial score (nSPS) is 12.7. The molecule has 0 spiro atoms. The van der Waals surface area contributed by atoms with Crippen molar-refractivity contribution in [3.8, 4) is 50.2 Å². The van der Waals surface area contributed by atoms with Crippen molar-refractivity contribution in [1.29, 1.82) is 0 Å². The van der Waals surface area contributed by atoms with Gasteiger partial charge in [0, 0.05) is 38.9 Å². The molecule has 10 aromatic carbocycles. The second kappa shape index (κ2) is 14.6. The molecule has 63 heavy (non-hydrogen) atoms. The highest BCUT2D eigenvalue weighted by molar-refractivity contribution is 6.13. The summed E-state index contributed by atoms with van der Waals surface area (Å²) in [6.45, 7) is 4.71. The molecule has 0 saturated carbocycles. The lowest BCUT2D eigenvalue weighted by atomic mass is 9.82. The van der Waals surface area contributed by atoms with E-state index in [1.165, 1.54) is 88.2 Å². The molecule has 1 aliphatic rings. The zero-order valence-electron chi connectivity index (χ0n) is 35.3. The van der Waals surface area contributed by atoms with Gasteiger partial charge in [-0.05, 0) is 133 Å². The number of hydrogen-bond donors (Lipinski definition) is 0.